The van der Waals surface area contributed by atoms with Crippen molar-refractivity contribution in [2.45, 2.75) is 19.4 Å². The molecule has 2 aromatic rings. The van der Waals surface area contributed by atoms with Crippen LogP contribution in [0.4, 0.5) is 10.5 Å². The Labute approximate surface area is 148 Å². The molecule has 1 aromatic carbocycles. The molecule has 1 fully saturated rings. The van der Waals surface area contributed by atoms with Gasteiger partial charge >= 0.3 is 6.03 Å². The van der Waals surface area contributed by atoms with E-state index in [2.05, 4.69) is 34.5 Å². The van der Waals surface area contributed by atoms with Crippen molar-refractivity contribution in [3.63, 3.8) is 0 Å². The summed E-state index contributed by atoms with van der Waals surface area (Å²) in [4.78, 5) is 14.5. The number of hydrogen-bond acceptors (Lipinski definition) is 4. The summed E-state index contributed by atoms with van der Waals surface area (Å²) in [6, 6.07) is 9.54. The molecule has 2 N–H and O–H groups in total. The van der Waals surface area contributed by atoms with Crippen LogP contribution >= 0.6 is 0 Å². The van der Waals surface area contributed by atoms with Gasteiger partial charge in [-0.25, -0.2) is 9.48 Å². The number of urea groups is 1. The number of aromatic nitrogens is 2. The lowest BCUT2D eigenvalue weighted by atomic mass is 10.0. The lowest BCUT2D eigenvalue weighted by Gasteiger charge is -2.40. The molecule has 0 radical (unpaired) electrons. The van der Waals surface area contributed by atoms with E-state index in [-0.39, 0.29) is 11.6 Å². The van der Waals surface area contributed by atoms with Gasteiger partial charge in [-0.2, -0.15) is 5.10 Å². The van der Waals surface area contributed by atoms with Gasteiger partial charge in [0.05, 0.1) is 37.0 Å². The third-order valence-electron chi connectivity index (χ3n) is 4.41. The predicted molar refractivity (Wildman–Crippen MR) is 97.1 cm³/mol. The summed E-state index contributed by atoms with van der Waals surface area (Å²) in [5.74, 6) is 0. The van der Waals surface area contributed by atoms with Crippen LogP contribution in [0.5, 0.6) is 0 Å². The number of morpholine rings is 1. The van der Waals surface area contributed by atoms with Gasteiger partial charge in [-0.1, -0.05) is 18.2 Å². The van der Waals surface area contributed by atoms with Crippen LogP contribution in [0.2, 0.25) is 0 Å². The van der Waals surface area contributed by atoms with Crippen molar-refractivity contribution in [3.05, 3.63) is 42.7 Å². The number of hydrogen-bond donors (Lipinski definition) is 2. The van der Waals surface area contributed by atoms with Crippen molar-refractivity contribution in [2.24, 2.45) is 0 Å². The molecule has 1 aromatic heterocycles. The monoisotopic (exact) mass is 343 g/mol. The van der Waals surface area contributed by atoms with Crippen molar-refractivity contribution in [1.82, 2.24) is 20.0 Å². The number of benzene rings is 1. The highest BCUT2D eigenvalue weighted by Crippen LogP contribution is 2.15. The van der Waals surface area contributed by atoms with Crippen molar-refractivity contribution < 1.29 is 9.53 Å². The fourth-order valence-corrected chi connectivity index (χ4v) is 2.86. The molecule has 3 rings (SSSR count). The van der Waals surface area contributed by atoms with Gasteiger partial charge in [0.1, 0.15) is 0 Å². The zero-order chi connectivity index (χ0) is 17.7. The summed E-state index contributed by atoms with van der Waals surface area (Å²) in [5.41, 5.74) is 1.49. The number of para-hydroxylation sites is 1. The van der Waals surface area contributed by atoms with E-state index in [0.717, 1.165) is 32.0 Å². The first-order valence-corrected chi connectivity index (χ1v) is 8.52. The highest BCUT2D eigenvalue weighted by molar-refractivity contribution is 5.89. The van der Waals surface area contributed by atoms with Gasteiger partial charge in [-0.05, 0) is 26.0 Å². The molecule has 0 saturated carbocycles. The molecule has 1 aliphatic heterocycles. The molecule has 0 atom stereocenters. The molecule has 0 bridgehead atoms. The standard InChI is InChI=1S/C18H25N5O2/c1-18(2,22-8-10-25-11-9-22)14-19-17(24)21-15-12-20-23(13-15)16-6-4-3-5-7-16/h3-7,12-13H,8-11,14H2,1-2H3,(H2,19,21,24). The summed E-state index contributed by atoms with van der Waals surface area (Å²) in [7, 11) is 0. The maximum atomic E-state index is 12.2. The van der Waals surface area contributed by atoms with Crippen LogP contribution in [0, 0.1) is 0 Å². The molecule has 1 saturated heterocycles. The first-order valence-electron chi connectivity index (χ1n) is 8.52. The zero-order valence-electron chi connectivity index (χ0n) is 14.7. The average molecular weight is 343 g/mol. The van der Waals surface area contributed by atoms with Crippen LogP contribution in [0.3, 0.4) is 0 Å². The molecule has 7 nitrogen and oxygen atoms in total. The molecule has 0 aliphatic carbocycles. The Bertz CT molecular complexity index is 693. The first-order chi connectivity index (χ1) is 12.0. The molecule has 2 heterocycles. The summed E-state index contributed by atoms with van der Waals surface area (Å²) >= 11 is 0. The Balaban J connectivity index is 1.52. The Morgan fingerprint density at radius 2 is 1.96 bits per heavy atom. The number of nitrogens with zero attached hydrogens (tertiary/aromatic N) is 3. The molecular weight excluding hydrogens is 318 g/mol. The van der Waals surface area contributed by atoms with Crippen LogP contribution < -0.4 is 10.6 Å². The third kappa shape index (κ3) is 4.58. The van der Waals surface area contributed by atoms with Gasteiger partial charge < -0.3 is 15.4 Å². The maximum Gasteiger partial charge on any atom is 0.319 e. The lowest BCUT2D eigenvalue weighted by Crippen LogP contribution is -2.55. The van der Waals surface area contributed by atoms with Crippen molar-refractivity contribution in [2.75, 3.05) is 38.2 Å². The summed E-state index contributed by atoms with van der Waals surface area (Å²) in [6.07, 6.45) is 3.43. The van der Waals surface area contributed by atoms with Crippen LogP contribution in [0.15, 0.2) is 42.7 Å². The maximum absolute atomic E-state index is 12.2. The van der Waals surface area contributed by atoms with Gasteiger partial charge in [0, 0.05) is 25.2 Å². The van der Waals surface area contributed by atoms with E-state index in [1.54, 1.807) is 17.1 Å². The van der Waals surface area contributed by atoms with Gasteiger partial charge in [-0.3, -0.25) is 4.90 Å². The molecule has 25 heavy (non-hydrogen) atoms. The molecule has 0 spiro atoms. The van der Waals surface area contributed by atoms with E-state index in [0.29, 0.717) is 12.2 Å². The summed E-state index contributed by atoms with van der Waals surface area (Å²) < 4.78 is 7.12. The highest BCUT2D eigenvalue weighted by Gasteiger charge is 2.28. The van der Waals surface area contributed by atoms with Crippen molar-refractivity contribution >= 4 is 11.7 Å². The number of rotatable bonds is 5. The van der Waals surface area contributed by atoms with Crippen molar-refractivity contribution in [3.8, 4) is 5.69 Å². The molecular formula is C18H25N5O2. The van der Waals surface area contributed by atoms with E-state index in [9.17, 15) is 4.79 Å². The Kier molecular flexibility index (Phi) is 5.35. The van der Waals surface area contributed by atoms with E-state index in [1.165, 1.54) is 0 Å². The normalized spacial score (nSPS) is 15.8. The second kappa shape index (κ2) is 7.67. The fourth-order valence-electron chi connectivity index (χ4n) is 2.86. The van der Waals surface area contributed by atoms with Crippen molar-refractivity contribution in [1.29, 1.82) is 0 Å². The minimum atomic E-state index is -0.228. The van der Waals surface area contributed by atoms with Gasteiger partial charge in [-0.15, -0.1) is 0 Å². The second-order valence-electron chi connectivity index (χ2n) is 6.73. The van der Waals surface area contributed by atoms with E-state index < -0.39 is 0 Å². The summed E-state index contributed by atoms with van der Waals surface area (Å²) in [6.45, 7) is 8.09. The minimum absolute atomic E-state index is 0.116. The van der Waals surface area contributed by atoms with E-state index in [4.69, 9.17) is 4.74 Å². The number of carbonyl (C=O) groups excluding carboxylic acids is 1. The molecule has 1 aliphatic rings. The zero-order valence-corrected chi connectivity index (χ0v) is 14.7. The number of ether oxygens (including phenoxy) is 1. The first kappa shape index (κ1) is 17.4. The summed E-state index contributed by atoms with van der Waals surface area (Å²) in [5, 5.41) is 10.1. The minimum Gasteiger partial charge on any atom is -0.379 e. The Morgan fingerprint density at radius 3 is 2.68 bits per heavy atom. The highest BCUT2D eigenvalue weighted by atomic mass is 16.5. The van der Waals surface area contributed by atoms with E-state index >= 15 is 0 Å². The molecule has 134 valence electrons. The number of amides is 2. The molecule has 0 unspecified atom stereocenters. The number of nitrogens with one attached hydrogen (secondary N) is 2. The number of carbonyl (C=O) groups is 1. The smallest absolute Gasteiger partial charge is 0.319 e. The Morgan fingerprint density at radius 1 is 1.24 bits per heavy atom. The SMILES string of the molecule is CC(C)(CNC(=O)Nc1cnn(-c2ccccc2)c1)N1CCOCC1. The van der Waals surface area contributed by atoms with Crippen LogP contribution in [0.1, 0.15) is 13.8 Å². The third-order valence-corrected chi connectivity index (χ3v) is 4.41. The van der Waals surface area contributed by atoms with Gasteiger partial charge in [0.2, 0.25) is 0 Å². The fraction of sp³-hybridized carbons (Fsp3) is 0.444. The van der Waals surface area contributed by atoms with Gasteiger partial charge in [0.25, 0.3) is 0 Å². The molecule has 7 heteroatoms. The largest absolute Gasteiger partial charge is 0.379 e. The lowest BCUT2D eigenvalue weighted by molar-refractivity contribution is -0.00863. The average Bonchev–Trinajstić information content (AvgIpc) is 3.10. The van der Waals surface area contributed by atoms with Crippen LogP contribution in [0.25, 0.3) is 5.69 Å². The molecule has 2 amide bonds. The quantitative estimate of drug-likeness (QED) is 0.872. The number of anilines is 1. The van der Waals surface area contributed by atoms with Crippen LogP contribution in [-0.4, -0.2) is 59.1 Å². The predicted octanol–water partition coefficient (Wildman–Crippen LogP) is 2.10. The van der Waals surface area contributed by atoms with Gasteiger partial charge in [0.15, 0.2) is 0 Å². The van der Waals surface area contributed by atoms with E-state index in [1.807, 2.05) is 30.3 Å². The topological polar surface area (TPSA) is 71.4 Å². The second-order valence-corrected chi connectivity index (χ2v) is 6.73. The van der Waals surface area contributed by atoms with Crippen LogP contribution in [-0.2, 0) is 4.74 Å². The Hall–Kier alpha value is -2.38.